The molecular weight excluding hydrogens is 508 g/mol. The summed E-state index contributed by atoms with van der Waals surface area (Å²) < 4.78 is 0. The van der Waals surface area contributed by atoms with Crippen molar-refractivity contribution in [2.24, 2.45) is 35.1 Å². The van der Waals surface area contributed by atoms with Gasteiger partial charge in [0.15, 0.2) is 0 Å². The third-order valence-corrected chi connectivity index (χ3v) is 7.80. The second kappa shape index (κ2) is 16.4. The van der Waals surface area contributed by atoms with E-state index in [9.17, 15) is 9.59 Å². The fraction of sp³-hybridized carbons (Fsp3) is 0.600. The summed E-state index contributed by atoms with van der Waals surface area (Å²) in [6, 6.07) is 7.56. The Morgan fingerprint density at radius 3 is 1.12 bits per heavy atom. The first-order valence-electron chi connectivity index (χ1n) is 15.7. The summed E-state index contributed by atoms with van der Waals surface area (Å²) in [4.78, 5) is 24.5. The van der Waals surface area contributed by atoms with Crippen molar-refractivity contribution in [2.75, 3.05) is 10.6 Å². The molecule has 2 aromatic carbocycles. The Kier molecular flexibility index (Phi) is 13.7. The fourth-order valence-corrected chi connectivity index (χ4v) is 5.33. The molecular formula is C35H56N4O2. The van der Waals surface area contributed by atoms with Crippen LogP contribution < -0.4 is 22.1 Å². The minimum Gasteiger partial charge on any atom is -0.351 e. The average Bonchev–Trinajstić information content (AvgIpc) is 2.86. The topological polar surface area (TPSA) is 110 Å². The molecule has 0 radical (unpaired) electrons. The van der Waals surface area contributed by atoms with Crippen LogP contribution in [-0.2, 0) is 32.1 Å². The number of nitrogens with one attached hydrogen (secondary N) is 2. The molecule has 4 amide bonds. The van der Waals surface area contributed by atoms with Crippen molar-refractivity contribution in [3.8, 4) is 0 Å². The maximum Gasteiger partial charge on any atom is 0.316 e. The van der Waals surface area contributed by atoms with Crippen molar-refractivity contribution < 1.29 is 9.59 Å². The van der Waals surface area contributed by atoms with Gasteiger partial charge in [-0.2, -0.15) is 0 Å². The number of carbonyl (C=O) groups is 2. The molecule has 0 aliphatic rings. The van der Waals surface area contributed by atoms with Gasteiger partial charge in [0, 0.05) is 17.8 Å². The van der Waals surface area contributed by atoms with E-state index in [4.69, 9.17) is 11.5 Å². The third kappa shape index (κ3) is 11.4. The molecule has 0 aliphatic carbocycles. The van der Waals surface area contributed by atoms with Gasteiger partial charge < -0.3 is 22.1 Å². The third-order valence-electron chi connectivity index (χ3n) is 7.80. The number of aryl methyl sites for hydroxylation is 2. The Morgan fingerprint density at radius 1 is 0.537 bits per heavy atom. The number of nitrogens with two attached hydrogens (primary N) is 2. The highest BCUT2D eigenvalue weighted by molar-refractivity contribution is 5.92. The lowest BCUT2D eigenvalue weighted by Gasteiger charge is -2.23. The number of anilines is 2. The van der Waals surface area contributed by atoms with E-state index >= 15 is 0 Å². The summed E-state index contributed by atoms with van der Waals surface area (Å²) >= 11 is 0. The van der Waals surface area contributed by atoms with Gasteiger partial charge >= 0.3 is 12.1 Å². The molecule has 2 rings (SSSR count). The van der Waals surface area contributed by atoms with Crippen LogP contribution in [0.1, 0.15) is 114 Å². The lowest BCUT2D eigenvalue weighted by atomic mass is 9.87. The van der Waals surface area contributed by atoms with Gasteiger partial charge in [-0.25, -0.2) is 9.59 Å². The Balaban J connectivity index is 2.70. The van der Waals surface area contributed by atoms with Gasteiger partial charge in [0.25, 0.3) is 0 Å². The molecule has 0 fully saturated rings. The van der Waals surface area contributed by atoms with Gasteiger partial charge in [-0.05, 0) is 108 Å². The molecule has 228 valence electrons. The number of hydrogen-bond acceptors (Lipinski definition) is 2. The van der Waals surface area contributed by atoms with Crippen LogP contribution in [0.5, 0.6) is 0 Å². The quantitative estimate of drug-likeness (QED) is 0.164. The minimum absolute atomic E-state index is 0.534. The Hall–Kier alpha value is -3.02. The van der Waals surface area contributed by atoms with Gasteiger partial charge in [0.1, 0.15) is 0 Å². The van der Waals surface area contributed by atoms with Crippen molar-refractivity contribution in [1.29, 1.82) is 0 Å². The van der Waals surface area contributed by atoms with E-state index in [1.165, 1.54) is 22.3 Å². The number of benzene rings is 2. The fourth-order valence-electron chi connectivity index (χ4n) is 5.33. The molecule has 0 spiro atoms. The van der Waals surface area contributed by atoms with Gasteiger partial charge in [0.2, 0.25) is 0 Å². The SMILES string of the molecule is CC(C)CCc1ccc(Cc2ccc(CCC(C)C)c(CCC(C)C)c2NC(N)=O)c(NC(N)=O)c1CCC(C)C. The Labute approximate surface area is 249 Å². The number of amides is 4. The highest BCUT2D eigenvalue weighted by Crippen LogP contribution is 2.35. The normalized spacial score (nSPS) is 11.6. The minimum atomic E-state index is -0.560. The summed E-state index contributed by atoms with van der Waals surface area (Å²) in [7, 11) is 0. The monoisotopic (exact) mass is 564 g/mol. The molecule has 6 nitrogen and oxygen atoms in total. The maximum atomic E-state index is 12.3. The van der Waals surface area contributed by atoms with Crippen LogP contribution in [0.2, 0.25) is 0 Å². The molecule has 0 unspecified atom stereocenters. The number of urea groups is 2. The Morgan fingerprint density at radius 2 is 0.829 bits per heavy atom. The first-order valence-corrected chi connectivity index (χ1v) is 15.7. The first kappa shape index (κ1) is 34.2. The number of hydrogen-bond donors (Lipinski definition) is 4. The molecule has 6 heteroatoms. The van der Waals surface area contributed by atoms with Crippen LogP contribution in [-0.4, -0.2) is 12.1 Å². The summed E-state index contributed by atoms with van der Waals surface area (Å²) in [5.41, 5.74) is 20.0. The summed E-state index contributed by atoms with van der Waals surface area (Å²) in [5.74, 6) is 2.24. The number of rotatable bonds is 16. The van der Waals surface area contributed by atoms with Gasteiger partial charge in [-0.15, -0.1) is 0 Å². The van der Waals surface area contributed by atoms with Crippen LogP contribution in [0, 0.1) is 23.7 Å². The number of primary amides is 2. The van der Waals surface area contributed by atoms with Crippen molar-refractivity contribution >= 4 is 23.4 Å². The van der Waals surface area contributed by atoms with Gasteiger partial charge in [-0.1, -0.05) is 79.7 Å². The molecule has 0 heterocycles. The van der Waals surface area contributed by atoms with Crippen LogP contribution in [0.3, 0.4) is 0 Å². The van der Waals surface area contributed by atoms with Crippen molar-refractivity contribution in [1.82, 2.24) is 0 Å². The average molecular weight is 565 g/mol. The van der Waals surface area contributed by atoms with Crippen LogP contribution in [0.4, 0.5) is 21.0 Å². The molecule has 0 saturated heterocycles. The highest BCUT2D eigenvalue weighted by Gasteiger charge is 2.20. The van der Waals surface area contributed by atoms with E-state index in [0.29, 0.717) is 30.1 Å². The molecule has 0 aromatic heterocycles. The van der Waals surface area contributed by atoms with Crippen molar-refractivity contribution in [2.45, 2.75) is 113 Å². The molecule has 0 bridgehead atoms. The van der Waals surface area contributed by atoms with E-state index in [1.54, 1.807) is 0 Å². The summed E-state index contributed by atoms with van der Waals surface area (Å²) in [6.45, 7) is 17.8. The zero-order valence-electron chi connectivity index (χ0n) is 27.0. The largest absolute Gasteiger partial charge is 0.351 e. The van der Waals surface area contributed by atoms with E-state index in [2.05, 4.69) is 90.3 Å². The molecule has 0 saturated carbocycles. The molecule has 0 atom stereocenters. The summed E-state index contributed by atoms with van der Waals surface area (Å²) in [6.07, 6.45) is 8.39. The van der Waals surface area contributed by atoms with Gasteiger partial charge in [-0.3, -0.25) is 0 Å². The predicted molar refractivity (Wildman–Crippen MR) is 175 cm³/mol. The molecule has 2 aromatic rings. The van der Waals surface area contributed by atoms with E-state index in [1.807, 2.05) is 0 Å². The van der Waals surface area contributed by atoms with Crippen molar-refractivity contribution in [3.05, 3.63) is 57.6 Å². The van der Waals surface area contributed by atoms with E-state index < -0.39 is 12.1 Å². The molecule has 6 N–H and O–H groups in total. The maximum absolute atomic E-state index is 12.3. The lowest BCUT2D eigenvalue weighted by Crippen LogP contribution is -2.23. The van der Waals surface area contributed by atoms with Crippen LogP contribution in [0.15, 0.2) is 24.3 Å². The molecule has 41 heavy (non-hydrogen) atoms. The van der Waals surface area contributed by atoms with Gasteiger partial charge in [0.05, 0.1) is 0 Å². The standard InChI is InChI=1S/C35H56N4O2/c1-22(2)9-13-26-15-17-28(32(38-34(36)40)30(26)19-11-24(5)6)21-29-18-16-27(14-10-23(3)4)31(20-12-25(7)8)33(29)39-35(37)41/h15-18,22-25H,9-14,19-21H2,1-8H3,(H3,36,38,40)(H3,37,39,41). The van der Waals surface area contributed by atoms with Crippen LogP contribution >= 0.6 is 0 Å². The number of carbonyl (C=O) groups excluding carboxylic acids is 2. The zero-order valence-corrected chi connectivity index (χ0v) is 27.0. The zero-order chi connectivity index (χ0) is 30.7. The van der Waals surface area contributed by atoms with E-state index in [-0.39, 0.29) is 0 Å². The Bertz CT molecular complexity index is 1060. The predicted octanol–water partition coefficient (Wildman–Crippen LogP) is 8.61. The lowest BCUT2D eigenvalue weighted by molar-refractivity contribution is 0.258. The second-order valence-corrected chi connectivity index (χ2v) is 13.4. The highest BCUT2D eigenvalue weighted by atomic mass is 16.2. The second-order valence-electron chi connectivity index (χ2n) is 13.4. The van der Waals surface area contributed by atoms with Crippen molar-refractivity contribution in [3.63, 3.8) is 0 Å². The van der Waals surface area contributed by atoms with Crippen LogP contribution in [0.25, 0.3) is 0 Å². The smallest absolute Gasteiger partial charge is 0.316 e. The summed E-state index contributed by atoms with van der Waals surface area (Å²) in [5, 5.41) is 6.00. The first-order chi connectivity index (χ1) is 19.3. The van der Waals surface area contributed by atoms with E-state index in [0.717, 1.165) is 73.9 Å². The molecule has 0 aliphatic heterocycles.